The average molecular weight is 333 g/mol. The first-order valence-corrected chi connectivity index (χ1v) is 7.83. The number of rotatable bonds is 3. The summed E-state index contributed by atoms with van der Waals surface area (Å²) in [5, 5.41) is 9.64. The summed E-state index contributed by atoms with van der Waals surface area (Å²) in [6.07, 6.45) is 0. The van der Waals surface area contributed by atoms with E-state index in [-0.39, 0.29) is 27.7 Å². The number of aromatic hydroxyl groups is 1. The molecule has 2 aromatic carbocycles. The topological polar surface area (TPSA) is 120 Å². The van der Waals surface area contributed by atoms with E-state index in [4.69, 9.17) is 14.3 Å². The molecule has 1 heterocycles. The van der Waals surface area contributed by atoms with Crippen molar-refractivity contribution in [2.75, 3.05) is 5.73 Å². The molecule has 23 heavy (non-hydrogen) atoms. The van der Waals surface area contributed by atoms with Gasteiger partial charge in [0.25, 0.3) is 0 Å². The molecule has 7 nitrogen and oxygen atoms in total. The van der Waals surface area contributed by atoms with Crippen LogP contribution in [0.15, 0.2) is 62.6 Å². The van der Waals surface area contributed by atoms with Crippen molar-refractivity contribution in [2.45, 2.75) is 4.90 Å². The monoisotopic (exact) mass is 333 g/mol. The molecule has 0 aliphatic carbocycles. The van der Waals surface area contributed by atoms with E-state index in [1.807, 2.05) is 0 Å². The van der Waals surface area contributed by atoms with E-state index in [1.54, 1.807) is 12.1 Å². The largest absolute Gasteiger partial charge is 0.508 e. The third-order valence-corrected chi connectivity index (χ3v) is 4.32. The lowest BCUT2D eigenvalue weighted by Crippen LogP contribution is -2.11. The molecule has 0 saturated heterocycles. The van der Waals surface area contributed by atoms with E-state index in [0.29, 0.717) is 5.39 Å². The van der Waals surface area contributed by atoms with Crippen molar-refractivity contribution in [3.05, 3.63) is 59.0 Å². The second-order valence-electron chi connectivity index (χ2n) is 4.70. The smallest absolute Gasteiger partial charge is 0.359 e. The second kappa shape index (κ2) is 5.33. The molecular formula is C15H11NO6S. The highest BCUT2D eigenvalue weighted by molar-refractivity contribution is 7.87. The fourth-order valence-electron chi connectivity index (χ4n) is 1.98. The molecule has 8 heteroatoms. The van der Waals surface area contributed by atoms with Crippen LogP contribution in [-0.4, -0.2) is 13.5 Å². The first kappa shape index (κ1) is 14.9. The lowest BCUT2D eigenvalue weighted by molar-refractivity contribution is 0.471. The van der Waals surface area contributed by atoms with E-state index in [9.17, 15) is 18.3 Å². The molecule has 0 unspecified atom stereocenters. The summed E-state index contributed by atoms with van der Waals surface area (Å²) < 4.78 is 34.6. The zero-order chi connectivity index (χ0) is 16.6. The van der Waals surface area contributed by atoms with Gasteiger partial charge >= 0.3 is 15.7 Å². The lowest BCUT2D eigenvalue weighted by Gasteiger charge is -2.09. The minimum absolute atomic E-state index is 0.0194. The number of benzene rings is 2. The van der Waals surface area contributed by atoms with E-state index in [0.717, 1.165) is 0 Å². The fourth-order valence-corrected chi connectivity index (χ4v) is 2.91. The normalized spacial score (nSPS) is 11.5. The van der Waals surface area contributed by atoms with Crippen molar-refractivity contribution in [2.24, 2.45) is 0 Å². The van der Waals surface area contributed by atoms with Crippen LogP contribution >= 0.6 is 0 Å². The van der Waals surface area contributed by atoms with Crippen LogP contribution in [0.4, 0.5) is 5.69 Å². The Bertz CT molecular complexity index is 1040. The van der Waals surface area contributed by atoms with Crippen LogP contribution in [0.3, 0.4) is 0 Å². The Kier molecular flexibility index (Phi) is 3.45. The third-order valence-electron chi connectivity index (χ3n) is 3.08. The number of nitrogen functional groups attached to an aromatic ring is 1. The Labute approximate surface area is 130 Å². The third kappa shape index (κ3) is 2.84. The zero-order valence-corrected chi connectivity index (χ0v) is 12.4. The predicted molar refractivity (Wildman–Crippen MR) is 82.8 cm³/mol. The maximum absolute atomic E-state index is 12.3. The van der Waals surface area contributed by atoms with E-state index < -0.39 is 15.7 Å². The molecule has 0 spiro atoms. The fraction of sp³-hybridized carbons (Fsp3) is 0. The Morgan fingerprint density at radius 3 is 2.48 bits per heavy atom. The van der Waals surface area contributed by atoms with Crippen LogP contribution in [0, 0.1) is 0 Å². The van der Waals surface area contributed by atoms with Crippen molar-refractivity contribution >= 4 is 26.8 Å². The van der Waals surface area contributed by atoms with Gasteiger partial charge in [-0.3, -0.25) is 0 Å². The Morgan fingerprint density at radius 2 is 1.78 bits per heavy atom. The lowest BCUT2D eigenvalue weighted by atomic mass is 10.2. The number of phenolic OH excluding ortho intramolecular Hbond substituents is 1. The van der Waals surface area contributed by atoms with Gasteiger partial charge in [-0.1, -0.05) is 12.1 Å². The summed E-state index contributed by atoms with van der Waals surface area (Å²) in [4.78, 5) is 11.4. The maximum atomic E-state index is 12.3. The predicted octanol–water partition coefficient (Wildman–Crippen LogP) is 1.85. The maximum Gasteiger partial charge on any atom is 0.359 e. The van der Waals surface area contributed by atoms with Gasteiger partial charge in [-0.2, -0.15) is 8.42 Å². The van der Waals surface area contributed by atoms with Gasteiger partial charge in [0.2, 0.25) is 0 Å². The zero-order valence-electron chi connectivity index (χ0n) is 11.6. The van der Waals surface area contributed by atoms with Gasteiger partial charge in [-0.05, 0) is 36.4 Å². The van der Waals surface area contributed by atoms with E-state index >= 15 is 0 Å². The van der Waals surface area contributed by atoms with Crippen LogP contribution < -0.4 is 15.5 Å². The molecule has 3 rings (SSSR count). The van der Waals surface area contributed by atoms with Crippen LogP contribution in [0.1, 0.15) is 0 Å². The number of anilines is 1. The van der Waals surface area contributed by atoms with Crippen LogP contribution in [0.2, 0.25) is 0 Å². The summed E-state index contributed by atoms with van der Waals surface area (Å²) in [6.45, 7) is 0. The van der Waals surface area contributed by atoms with Crippen LogP contribution in [0.25, 0.3) is 11.0 Å². The Balaban J connectivity index is 2.09. The second-order valence-corrected chi connectivity index (χ2v) is 6.24. The highest BCUT2D eigenvalue weighted by Gasteiger charge is 2.19. The van der Waals surface area contributed by atoms with Gasteiger partial charge in [0, 0.05) is 5.39 Å². The number of phenols is 1. The van der Waals surface area contributed by atoms with Crippen molar-refractivity contribution in [3.8, 4) is 11.5 Å². The average Bonchev–Trinajstić information content (AvgIpc) is 2.49. The number of hydrogen-bond donors (Lipinski definition) is 2. The minimum atomic E-state index is -4.15. The molecule has 0 saturated carbocycles. The molecule has 0 aliphatic heterocycles. The summed E-state index contributed by atoms with van der Waals surface area (Å²) in [5.74, 6) is -0.205. The summed E-state index contributed by atoms with van der Waals surface area (Å²) in [7, 11) is -4.15. The van der Waals surface area contributed by atoms with Gasteiger partial charge in [0.15, 0.2) is 11.3 Å². The van der Waals surface area contributed by atoms with Gasteiger partial charge in [-0.15, -0.1) is 0 Å². The first-order chi connectivity index (χ1) is 10.9. The molecule has 0 bridgehead atoms. The number of fused-ring (bicyclic) bond motifs is 1. The molecule has 0 radical (unpaired) electrons. The van der Waals surface area contributed by atoms with Crippen LogP contribution in [-0.2, 0) is 10.1 Å². The molecule has 3 N–H and O–H groups in total. The first-order valence-electron chi connectivity index (χ1n) is 6.43. The highest BCUT2D eigenvalue weighted by Crippen LogP contribution is 2.28. The molecule has 1 aromatic heterocycles. The van der Waals surface area contributed by atoms with E-state index in [1.165, 1.54) is 36.4 Å². The molecule has 0 amide bonds. The molecule has 118 valence electrons. The SMILES string of the molecule is Nc1cc2cccc(OS(=O)(=O)c3ccc(O)cc3)c2oc1=O. The van der Waals surface area contributed by atoms with Gasteiger partial charge in [0.1, 0.15) is 16.3 Å². The molecule has 0 fully saturated rings. The summed E-state index contributed by atoms with van der Waals surface area (Å²) in [5.41, 5.74) is 4.59. The molecule has 0 aliphatic rings. The van der Waals surface area contributed by atoms with Crippen molar-refractivity contribution in [1.29, 1.82) is 0 Å². The number of hydrogen-bond acceptors (Lipinski definition) is 7. The molecule has 3 aromatic rings. The van der Waals surface area contributed by atoms with E-state index in [2.05, 4.69) is 0 Å². The van der Waals surface area contributed by atoms with Gasteiger partial charge in [0.05, 0.1) is 0 Å². The quantitative estimate of drug-likeness (QED) is 0.554. The van der Waals surface area contributed by atoms with Crippen molar-refractivity contribution in [1.82, 2.24) is 0 Å². The summed E-state index contributed by atoms with van der Waals surface area (Å²) >= 11 is 0. The Morgan fingerprint density at radius 1 is 1.09 bits per heavy atom. The minimum Gasteiger partial charge on any atom is -0.508 e. The van der Waals surface area contributed by atoms with Crippen molar-refractivity contribution < 1.29 is 22.1 Å². The standard InChI is InChI=1S/C15H11NO6S/c16-12-8-9-2-1-3-13(14(9)21-15(12)18)22-23(19,20)11-6-4-10(17)5-7-11/h1-8,17H,16H2. The molecule has 0 atom stereocenters. The Hall–Kier alpha value is -3.00. The summed E-state index contributed by atoms with van der Waals surface area (Å²) in [6, 6.07) is 10.7. The van der Waals surface area contributed by atoms with Crippen LogP contribution in [0.5, 0.6) is 11.5 Å². The number of nitrogens with two attached hydrogens (primary N) is 1. The molecular weight excluding hydrogens is 322 g/mol. The number of para-hydroxylation sites is 1. The highest BCUT2D eigenvalue weighted by atomic mass is 32.2. The van der Waals surface area contributed by atoms with Gasteiger partial charge < -0.3 is 19.4 Å². The van der Waals surface area contributed by atoms with Gasteiger partial charge in [-0.25, -0.2) is 4.79 Å². The van der Waals surface area contributed by atoms with Crippen molar-refractivity contribution in [3.63, 3.8) is 0 Å².